The molecule has 0 saturated carbocycles. The van der Waals surface area contributed by atoms with Gasteiger partial charge in [0.05, 0.1) is 5.56 Å². The van der Waals surface area contributed by atoms with Crippen molar-refractivity contribution in [1.29, 1.82) is 0 Å². The Morgan fingerprint density at radius 3 is 1.88 bits per heavy atom. The number of hydrogen-bond acceptors (Lipinski definition) is 8. The molecule has 0 fully saturated rings. The fourth-order valence-electron chi connectivity index (χ4n) is 7.74. The van der Waals surface area contributed by atoms with Crippen LogP contribution in [-0.2, 0) is 21.7 Å². The zero-order valence-corrected chi connectivity index (χ0v) is 34.9. The molecule has 0 unspecified atom stereocenters. The van der Waals surface area contributed by atoms with Crippen molar-refractivity contribution >= 4 is 28.6 Å². The minimum absolute atomic E-state index is 0.0954. The minimum Gasteiger partial charge on any atom is -0.351 e. The van der Waals surface area contributed by atoms with Crippen molar-refractivity contribution < 1.29 is 14.4 Å². The molecule has 0 bridgehead atoms. The first kappa shape index (κ1) is 41.7. The number of carbonyl (C=O) groups is 3. The van der Waals surface area contributed by atoms with Gasteiger partial charge in [0.15, 0.2) is 10.9 Å². The lowest BCUT2D eigenvalue weighted by Crippen LogP contribution is -2.39. The van der Waals surface area contributed by atoms with Crippen molar-refractivity contribution in [2.75, 3.05) is 13.1 Å². The molecule has 0 radical (unpaired) electrons. The number of nitrogens with one attached hydrogen (secondary N) is 2. The Kier molecular flexibility index (Phi) is 13.5. The highest BCUT2D eigenvalue weighted by molar-refractivity contribution is 8.13. The second-order valence-electron chi connectivity index (χ2n) is 14.8. The zero-order chi connectivity index (χ0) is 41.9. The van der Waals surface area contributed by atoms with E-state index in [4.69, 9.17) is 10.3 Å². The van der Waals surface area contributed by atoms with E-state index in [1.807, 2.05) is 91.3 Å². The molecule has 0 saturated heterocycles. The second-order valence-corrected chi connectivity index (χ2v) is 16.0. The van der Waals surface area contributed by atoms with Crippen LogP contribution >= 0.6 is 11.8 Å². The standard InChI is InChI=1S/C50H48N6O3S/c1-4-16-46(58)39(34-52-49(59)45-31-35(2)25-30-47(45)60-36(3)57)33-51-32-37-26-28-38(29-27-37)43-23-14-15-24-44(43)48-53-54-55-56(48)50(40-17-8-5-9-18-40,41-19-10-6-11-20-41)42-21-12-7-13-22-42/h5-15,17-31,39,51H,4,16,32-34H2,1-3H3,(H,52,59)/t39-/m0/s1. The maximum atomic E-state index is 13.3. The average molecular weight is 813 g/mol. The average Bonchev–Trinajstić information content (AvgIpc) is 3.77. The molecule has 0 aliphatic heterocycles. The largest absolute Gasteiger partial charge is 0.351 e. The van der Waals surface area contributed by atoms with E-state index >= 15 is 0 Å². The Balaban J connectivity index is 1.12. The molecule has 9 nitrogen and oxygen atoms in total. The summed E-state index contributed by atoms with van der Waals surface area (Å²) in [6, 6.07) is 53.1. The SMILES string of the molecule is CCCC(=O)[C@@H](CNCc1ccc(-c2ccccc2-c2nnnn2C(c2ccccc2)(c2ccccc2)c2ccccc2)cc1)CNC(=O)c1cc(C)ccc1SC(C)=O. The molecule has 1 heterocycles. The minimum atomic E-state index is -0.886. The van der Waals surface area contributed by atoms with Crippen molar-refractivity contribution in [1.82, 2.24) is 30.8 Å². The molecule has 6 aromatic carbocycles. The number of ketones is 1. The topological polar surface area (TPSA) is 119 Å². The van der Waals surface area contributed by atoms with Gasteiger partial charge in [0.2, 0.25) is 0 Å². The number of amides is 1. The van der Waals surface area contributed by atoms with Gasteiger partial charge < -0.3 is 10.6 Å². The molecule has 1 atom stereocenters. The van der Waals surface area contributed by atoms with Crippen LogP contribution in [0.15, 0.2) is 163 Å². The molecule has 302 valence electrons. The van der Waals surface area contributed by atoms with Gasteiger partial charge in [-0.2, -0.15) is 0 Å². The second kappa shape index (κ2) is 19.5. The van der Waals surface area contributed by atoms with E-state index in [-0.39, 0.29) is 23.4 Å². The molecule has 0 spiro atoms. The van der Waals surface area contributed by atoms with Crippen molar-refractivity contribution in [2.45, 2.75) is 50.6 Å². The fourth-order valence-corrected chi connectivity index (χ4v) is 8.44. The summed E-state index contributed by atoms with van der Waals surface area (Å²) in [5.74, 6) is 0.0130. The lowest BCUT2D eigenvalue weighted by atomic mass is 9.77. The van der Waals surface area contributed by atoms with Gasteiger partial charge in [-0.3, -0.25) is 14.4 Å². The van der Waals surface area contributed by atoms with Crippen LogP contribution in [0.5, 0.6) is 0 Å². The third-order valence-corrected chi connectivity index (χ3v) is 11.5. The summed E-state index contributed by atoms with van der Waals surface area (Å²) < 4.78 is 1.95. The summed E-state index contributed by atoms with van der Waals surface area (Å²) in [4.78, 5) is 39.0. The molecule has 7 rings (SSSR count). The maximum absolute atomic E-state index is 13.3. The van der Waals surface area contributed by atoms with E-state index in [1.54, 1.807) is 12.1 Å². The summed E-state index contributed by atoms with van der Waals surface area (Å²) in [5, 5.41) is 20.1. The number of tetrazole rings is 1. The van der Waals surface area contributed by atoms with E-state index < -0.39 is 11.5 Å². The van der Waals surface area contributed by atoms with E-state index in [0.717, 1.165) is 62.7 Å². The number of aromatic nitrogens is 4. The normalized spacial score (nSPS) is 11.8. The summed E-state index contributed by atoms with van der Waals surface area (Å²) in [7, 11) is 0. The van der Waals surface area contributed by atoms with Crippen LogP contribution in [0.2, 0.25) is 0 Å². The van der Waals surface area contributed by atoms with Crippen LogP contribution in [0.3, 0.4) is 0 Å². The highest BCUT2D eigenvalue weighted by atomic mass is 32.2. The molecule has 1 aromatic heterocycles. The van der Waals surface area contributed by atoms with Crippen molar-refractivity contribution in [2.24, 2.45) is 5.92 Å². The van der Waals surface area contributed by atoms with Crippen LogP contribution in [0.25, 0.3) is 22.5 Å². The van der Waals surface area contributed by atoms with Gasteiger partial charge in [-0.15, -0.1) is 5.10 Å². The number of aryl methyl sites for hydroxylation is 1. The van der Waals surface area contributed by atoms with Gasteiger partial charge in [0.25, 0.3) is 5.91 Å². The van der Waals surface area contributed by atoms with Gasteiger partial charge >= 0.3 is 0 Å². The lowest BCUT2D eigenvalue weighted by molar-refractivity contribution is -0.122. The molecule has 0 aliphatic carbocycles. The van der Waals surface area contributed by atoms with E-state index in [9.17, 15) is 14.4 Å². The third-order valence-electron chi connectivity index (χ3n) is 10.6. The summed E-state index contributed by atoms with van der Waals surface area (Å²) in [6.45, 7) is 6.49. The first-order valence-corrected chi connectivity index (χ1v) is 21.1. The Morgan fingerprint density at radius 1 is 0.717 bits per heavy atom. The number of nitrogens with zero attached hydrogens (tertiary/aromatic N) is 4. The van der Waals surface area contributed by atoms with Gasteiger partial charge in [-0.1, -0.05) is 170 Å². The quantitative estimate of drug-likeness (QED) is 0.0691. The number of hydrogen-bond donors (Lipinski definition) is 2. The molecular formula is C50H48N6O3S. The van der Waals surface area contributed by atoms with Gasteiger partial charge in [0.1, 0.15) is 11.3 Å². The summed E-state index contributed by atoms with van der Waals surface area (Å²) >= 11 is 1.03. The molecule has 10 heteroatoms. The van der Waals surface area contributed by atoms with Crippen LogP contribution in [-0.4, -0.2) is 50.1 Å². The zero-order valence-electron chi connectivity index (χ0n) is 34.0. The first-order chi connectivity index (χ1) is 29.3. The molecule has 1 amide bonds. The molecular weight excluding hydrogens is 765 g/mol. The van der Waals surface area contributed by atoms with Gasteiger partial charge in [-0.25, -0.2) is 4.68 Å². The lowest BCUT2D eigenvalue weighted by Gasteiger charge is -2.36. The molecule has 2 N–H and O–H groups in total. The van der Waals surface area contributed by atoms with E-state index in [0.29, 0.717) is 35.8 Å². The summed E-state index contributed by atoms with van der Waals surface area (Å²) in [6.07, 6.45) is 1.15. The molecule has 60 heavy (non-hydrogen) atoms. The number of Topliss-reactive ketones (excluding diaryl/α,β-unsaturated/α-hetero) is 1. The highest BCUT2D eigenvalue weighted by Gasteiger charge is 2.42. The number of rotatable bonds is 17. The smallest absolute Gasteiger partial charge is 0.252 e. The number of thioether (sulfide) groups is 1. The Hall–Kier alpha value is -6.49. The highest BCUT2D eigenvalue weighted by Crippen LogP contribution is 2.43. The van der Waals surface area contributed by atoms with Crippen LogP contribution in [0.4, 0.5) is 0 Å². The first-order valence-electron chi connectivity index (χ1n) is 20.2. The number of benzene rings is 6. The molecule has 0 aliphatic rings. The van der Waals surface area contributed by atoms with Crippen LogP contribution in [0.1, 0.15) is 64.9 Å². The summed E-state index contributed by atoms with van der Waals surface area (Å²) in [5.41, 5.74) is 7.46. The van der Waals surface area contributed by atoms with E-state index in [2.05, 4.69) is 88.6 Å². The van der Waals surface area contributed by atoms with E-state index in [1.165, 1.54) is 6.92 Å². The van der Waals surface area contributed by atoms with Crippen LogP contribution < -0.4 is 10.6 Å². The maximum Gasteiger partial charge on any atom is 0.252 e. The predicted octanol–water partition coefficient (Wildman–Crippen LogP) is 9.30. The van der Waals surface area contributed by atoms with Crippen molar-refractivity contribution in [3.05, 3.63) is 191 Å². The third kappa shape index (κ3) is 9.20. The monoisotopic (exact) mass is 812 g/mol. The Labute approximate surface area is 355 Å². The van der Waals surface area contributed by atoms with Crippen LogP contribution in [0, 0.1) is 12.8 Å². The van der Waals surface area contributed by atoms with Crippen molar-refractivity contribution in [3.63, 3.8) is 0 Å². The number of carbonyl (C=O) groups excluding carboxylic acids is 3. The predicted molar refractivity (Wildman–Crippen MR) is 238 cm³/mol. The van der Waals surface area contributed by atoms with Crippen molar-refractivity contribution in [3.8, 4) is 22.5 Å². The Bertz CT molecular complexity index is 2450. The Morgan fingerprint density at radius 2 is 1.30 bits per heavy atom. The molecule has 7 aromatic rings. The van der Waals surface area contributed by atoms with Gasteiger partial charge in [-0.05, 0) is 69.3 Å². The fraction of sp³-hybridized carbons (Fsp3) is 0.200. The van der Waals surface area contributed by atoms with Gasteiger partial charge in [0, 0.05) is 49.4 Å².